The summed E-state index contributed by atoms with van der Waals surface area (Å²) in [5.74, 6) is 1.65. The van der Waals surface area contributed by atoms with E-state index in [1.54, 1.807) is 0 Å². The van der Waals surface area contributed by atoms with Gasteiger partial charge in [-0.05, 0) is 44.2 Å². The van der Waals surface area contributed by atoms with Crippen LogP contribution in [0.15, 0.2) is 40.2 Å². The molecule has 0 heterocycles. The normalized spacial score (nSPS) is 26.2. The third kappa shape index (κ3) is 5.49. The first-order valence-corrected chi connectivity index (χ1v) is 11.9. The first kappa shape index (κ1) is 19.7. The van der Waals surface area contributed by atoms with Gasteiger partial charge in [0.05, 0.1) is 0 Å². The minimum Gasteiger partial charge on any atom is -0.355 e. The lowest BCUT2D eigenvalue weighted by Gasteiger charge is -2.30. The van der Waals surface area contributed by atoms with Crippen LogP contribution in [0.4, 0.5) is 0 Å². The van der Waals surface area contributed by atoms with Gasteiger partial charge in [0.25, 0.3) is 0 Å². The van der Waals surface area contributed by atoms with E-state index >= 15 is 0 Å². The van der Waals surface area contributed by atoms with E-state index < -0.39 is 10.8 Å². The van der Waals surface area contributed by atoms with E-state index in [1.165, 1.54) is 17.7 Å². The van der Waals surface area contributed by atoms with Crippen molar-refractivity contribution in [3.05, 3.63) is 30.3 Å². The van der Waals surface area contributed by atoms with Gasteiger partial charge in [-0.15, -0.1) is 11.8 Å². The van der Waals surface area contributed by atoms with Crippen LogP contribution in [0.1, 0.15) is 45.4 Å². The number of aliphatic imine (C=N–C) groups is 1. The molecular weight excluding hydrogens is 362 g/mol. The second-order valence-electron chi connectivity index (χ2n) is 7.32. The highest BCUT2D eigenvalue weighted by molar-refractivity contribution is 8.01. The molecule has 1 aromatic rings. The Balaban J connectivity index is 1.48. The van der Waals surface area contributed by atoms with Gasteiger partial charge in [-0.1, -0.05) is 31.5 Å². The molecule has 3 rings (SSSR count). The standard InChI is InChI=1S/C20H31N3OS2/c1-3-26(24)18-11-7-8-16(14-18)23-19(21-2)22-15-20(12-13-20)25-17-9-5-4-6-10-17/h4-6,9-10,16,18H,3,7-8,11-15H2,1-2H3,(H2,21,22,23). The summed E-state index contributed by atoms with van der Waals surface area (Å²) in [7, 11) is 1.15. The van der Waals surface area contributed by atoms with Gasteiger partial charge in [-0.25, -0.2) is 0 Å². The minimum atomic E-state index is -0.685. The van der Waals surface area contributed by atoms with Gasteiger partial charge in [0.1, 0.15) is 0 Å². The molecule has 0 spiro atoms. The number of guanidine groups is 1. The Hall–Kier alpha value is -1.01. The molecule has 2 saturated carbocycles. The van der Waals surface area contributed by atoms with Gasteiger partial charge in [0.2, 0.25) is 0 Å². The first-order chi connectivity index (χ1) is 12.6. The Morgan fingerprint density at radius 3 is 2.73 bits per heavy atom. The molecule has 0 saturated heterocycles. The highest BCUT2D eigenvalue weighted by atomic mass is 32.2. The van der Waals surface area contributed by atoms with Crippen LogP contribution in [0.2, 0.25) is 0 Å². The lowest BCUT2D eigenvalue weighted by Crippen LogP contribution is -2.48. The monoisotopic (exact) mass is 393 g/mol. The number of benzene rings is 1. The van der Waals surface area contributed by atoms with Crippen LogP contribution >= 0.6 is 11.8 Å². The van der Waals surface area contributed by atoms with Crippen molar-refractivity contribution in [2.75, 3.05) is 19.3 Å². The molecule has 4 nitrogen and oxygen atoms in total. The summed E-state index contributed by atoms with van der Waals surface area (Å²) in [5.41, 5.74) is 0. The van der Waals surface area contributed by atoms with Crippen LogP contribution in [0.3, 0.4) is 0 Å². The molecule has 26 heavy (non-hydrogen) atoms. The topological polar surface area (TPSA) is 53.5 Å². The molecule has 144 valence electrons. The molecule has 0 aliphatic heterocycles. The molecular formula is C20H31N3OS2. The van der Waals surface area contributed by atoms with Crippen molar-refractivity contribution in [1.29, 1.82) is 0 Å². The van der Waals surface area contributed by atoms with E-state index in [2.05, 4.69) is 46.0 Å². The van der Waals surface area contributed by atoms with Gasteiger partial charge < -0.3 is 10.6 Å². The quantitative estimate of drug-likeness (QED) is 0.549. The molecule has 2 aliphatic carbocycles. The molecule has 2 aliphatic rings. The third-order valence-corrected chi connectivity index (χ3v) is 8.54. The zero-order valence-electron chi connectivity index (χ0n) is 15.9. The van der Waals surface area contributed by atoms with Crippen molar-refractivity contribution in [3.63, 3.8) is 0 Å². The van der Waals surface area contributed by atoms with E-state index in [9.17, 15) is 4.21 Å². The van der Waals surface area contributed by atoms with Crippen molar-refractivity contribution in [2.45, 2.75) is 66.4 Å². The Bertz CT molecular complexity index is 631. The number of rotatable bonds is 7. The van der Waals surface area contributed by atoms with Crippen LogP contribution in [-0.4, -0.2) is 45.6 Å². The summed E-state index contributed by atoms with van der Waals surface area (Å²) < 4.78 is 12.4. The van der Waals surface area contributed by atoms with Gasteiger partial charge in [-0.3, -0.25) is 9.20 Å². The summed E-state index contributed by atoms with van der Waals surface area (Å²) >= 11 is 1.98. The SMILES string of the molecule is CCS(=O)C1CCCC(NC(=NC)NCC2(Sc3ccccc3)CC2)C1. The van der Waals surface area contributed by atoms with Crippen molar-refractivity contribution in [2.24, 2.45) is 4.99 Å². The number of hydrogen-bond acceptors (Lipinski definition) is 3. The molecule has 0 radical (unpaired) electrons. The number of hydrogen-bond donors (Lipinski definition) is 2. The fourth-order valence-corrected chi connectivity index (χ4v) is 6.17. The molecule has 2 fully saturated rings. The van der Waals surface area contributed by atoms with E-state index in [0.717, 1.165) is 43.9 Å². The average molecular weight is 394 g/mol. The fraction of sp³-hybridized carbons (Fsp3) is 0.650. The van der Waals surface area contributed by atoms with Crippen molar-refractivity contribution >= 4 is 28.5 Å². The van der Waals surface area contributed by atoms with E-state index in [0.29, 0.717) is 16.0 Å². The highest BCUT2D eigenvalue weighted by Gasteiger charge is 2.43. The minimum absolute atomic E-state index is 0.303. The van der Waals surface area contributed by atoms with Gasteiger partial charge >= 0.3 is 0 Å². The molecule has 0 amide bonds. The van der Waals surface area contributed by atoms with Crippen LogP contribution in [0.5, 0.6) is 0 Å². The summed E-state index contributed by atoms with van der Waals surface area (Å²) in [6, 6.07) is 11.0. The van der Waals surface area contributed by atoms with Crippen LogP contribution in [-0.2, 0) is 10.8 Å². The van der Waals surface area contributed by atoms with E-state index in [-0.39, 0.29) is 0 Å². The largest absolute Gasteiger partial charge is 0.355 e. The molecule has 0 bridgehead atoms. The summed E-state index contributed by atoms with van der Waals surface area (Å²) in [6.45, 7) is 2.95. The van der Waals surface area contributed by atoms with Gasteiger partial charge in [-0.2, -0.15) is 0 Å². The van der Waals surface area contributed by atoms with E-state index in [4.69, 9.17) is 0 Å². The van der Waals surface area contributed by atoms with Crippen LogP contribution in [0, 0.1) is 0 Å². The Labute approximate surface area is 164 Å². The van der Waals surface area contributed by atoms with Crippen LogP contribution < -0.4 is 10.6 Å². The lowest BCUT2D eigenvalue weighted by atomic mass is 9.95. The molecule has 3 unspecified atom stereocenters. The second-order valence-corrected chi connectivity index (χ2v) is 10.9. The predicted octanol–water partition coefficient (Wildman–Crippen LogP) is 3.56. The number of nitrogens with zero attached hydrogens (tertiary/aromatic N) is 1. The highest BCUT2D eigenvalue weighted by Crippen LogP contribution is 2.51. The average Bonchev–Trinajstić information content (AvgIpc) is 3.45. The van der Waals surface area contributed by atoms with Crippen molar-refractivity contribution in [1.82, 2.24) is 10.6 Å². The van der Waals surface area contributed by atoms with Gasteiger partial charge in [0, 0.05) is 51.1 Å². The molecule has 0 aromatic heterocycles. The van der Waals surface area contributed by atoms with Crippen molar-refractivity contribution in [3.8, 4) is 0 Å². The molecule has 3 atom stereocenters. The molecule has 2 N–H and O–H groups in total. The summed E-state index contributed by atoms with van der Waals surface area (Å²) in [5, 5.41) is 7.45. The fourth-order valence-electron chi connectivity index (χ4n) is 3.58. The maximum absolute atomic E-state index is 12.1. The smallest absolute Gasteiger partial charge is 0.191 e. The van der Waals surface area contributed by atoms with Gasteiger partial charge in [0.15, 0.2) is 5.96 Å². The summed E-state index contributed by atoms with van der Waals surface area (Å²) in [6.07, 6.45) is 6.88. The lowest BCUT2D eigenvalue weighted by molar-refractivity contribution is 0.413. The Morgan fingerprint density at radius 1 is 1.31 bits per heavy atom. The Kier molecular flexibility index (Phi) is 7.04. The second kappa shape index (κ2) is 9.27. The summed E-state index contributed by atoms with van der Waals surface area (Å²) in [4.78, 5) is 5.76. The first-order valence-electron chi connectivity index (χ1n) is 9.72. The zero-order valence-corrected chi connectivity index (χ0v) is 17.5. The van der Waals surface area contributed by atoms with Crippen LogP contribution in [0.25, 0.3) is 0 Å². The molecule has 6 heteroatoms. The number of nitrogens with one attached hydrogen (secondary N) is 2. The maximum Gasteiger partial charge on any atom is 0.191 e. The van der Waals surface area contributed by atoms with Crippen molar-refractivity contribution < 1.29 is 4.21 Å². The van der Waals surface area contributed by atoms with E-state index in [1.807, 2.05) is 25.7 Å². The predicted molar refractivity (Wildman–Crippen MR) is 113 cm³/mol. The third-order valence-electron chi connectivity index (χ3n) is 5.31. The molecule has 1 aromatic carbocycles. The number of thioether (sulfide) groups is 1. The maximum atomic E-state index is 12.1. The Morgan fingerprint density at radius 2 is 2.08 bits per heavy atom. The zero-order chi connectivity index (χ0) is 18.4.